The first kappa shape index (κ1) is 21.2. The van der Waals surface area contributed by atoms with Gasteiger partial charge < -0.3 is 14.8 Å². The van der Waals surface area contributed by atoms with Gasteiger partial charge in [0.25, 0.3) is 5.19 Å². The van der Waals surface area contributed by atoms with Crippen molar-refractivity contribution in [2.75, 3.05) is 13.2 Å². The van der Waals surface area contributed by atoms with Crippen LogP contribution in [0.1, 0.15) is 32.6 Å². The number of fused-ring (bicyclic) bond motifs is 3. The van der Waals surface area contributed by atoms with Gasteiger partial charge in [0.15, 0.2) is 0 Å². The standard InChI is InChI=1S/C24H26FN3O3S/c1-15(29)26-17-13-18-3-4-19(14-17)28(18)10-11-30-20-5-7-21(8-6-20)31-24-27-22-12-16(25)2-9-23(22)32-24/h2,5-9,12,17-19H,3-4,10-11,13-14H2,1H3,(H,26,29)/t17?,18-,19+. The molecule has 3 heterocycles. The van der Waals surface area contributed by atoms with E-state index >= 15 is 0 Å². The van der Waals surface area contributed by atoms with Crippen LogP contribution in [0.2, 0.25) is 0 Å². The number of hydrogen-bond donors (Lipinski definition) is 1. The van der Waals surface area contributed by atoms with Gasteiger partial charge in [-0.3, -0.25) is 9.69 Å². The summed E-state index contributed by atoms with van der Waals surface area (Å²) in [5.74, 6) is 1.22. The maximum Gasteiger partial charge on any atom is 0.279 e. The fraction of sp³-hybridized carbons (Fsp3) is 0.417. The van der Waals surface area contributed by atoms with Crippen LogP contribution in [0, 0.1) is 5.82 Å². The first-order chi connectivity index (χ1) is 15.5. The molecule has 3 aromatic rings. The minimum Gasteiger partial charge on any atom is -0.492 e. The van der Waals surface area contributed by atoms with Crippen molar-refractivity contribution >= 4 is 27.5 Å². The summed E-state index contributed by atoms with van der Waals surface area (Å²) in [5, 5.41) is 3.57. The number of ether oxygens (including phenoxy) is 2. The molecular weight excluding hydrogens is 429 g/mol. The van der Waals surface area contributed by atoms with Gasteiger partial charge in [-0.15, -0.1) is 0 Å². The highest BCUT2D eigenvalue weighted by Crippen LogP contribution is 2.36. The molecule has 2 aliphatic heterocycles. The van der Waals surface area contributed by atoms with Crippen LogP contribution in [0.25, 0.3) is 10.2 Å². The fourth-order valence-electron chi connectivity index (χ4n) is 4.94. The van der Waals surface area contributed by atoms with Crippen LogP contribution in [-0.4, -0.2) is 47.1 Å². The summed E-state index contributed by atoms with van der Waals surface area (Å²) in [6.45, 7) is 3.11. The molecule has 0 spiro atoms. The molecule has 1 N–H and O–H groups in total. The van der Waals surface area contributed by atoms with Gasteiger partial charge in [-0.05, 0) is 62.1 Å². The molecule has 2 fully saturated rings. The van der Waals surface area contributed by atoms with E-state index < -0.39 is 0 Å². The third-order valence-corrected chi connectivity index (χ3v) is 7.18. The number of nitrogens with zero attached hydrogens (tertiary/aromatic N) is 2. The Balaban J connectivity index is 1.12. The maximum absolute atomic E-state index is 13.3. The van der Waals surface area contributed by atoms with Crippen LogP contribution in [0.4, 0.5) is 4.39 Å². The lowest BCUT2D eigenvalue weighted by atomic mass is 9.97. The van der Waals surface area contributed by atoms with Gasteiger partial charge in [0.2, 0.25) is 5.91 Å². The molecular formula is C24H26FN3O3S. The molecule has 32 heavy (non-hydrogen) atoms. The van der Waals surface area contributed by atoms with Crippen LogP contribution in [0.3, 0.4) is 0 Å². The summed E-state index contributed by atoms with van der Waals surface area (Å²) < 4.78 is 26.0. The van der Waals surface area contributed by atoms with E-state index in [2.05, 4.69) is 15.2 Å². The minimum absolute atomic E-state index is 0.0654. The summed E-state index contributed by atoms with van der Waals surface area (Å²) in [6.07, 6.45) is 4.46. The molecule has 3 atom stereocenters. The zero-order valence-corrected chi connectivity index (χ0v) is 18.7. The summed E-state index contributed by atoms with van der Waals surface area (Å²) in [7, 11) is 0. The number of amides is 1. The van der Waals surface area contributed by atoms with Gasteiger partial charge in [-0.1, -0.05) is 11.3 Å². The number of piperidine rings is 1. The van der Waals surface area contributed by atoms with Crippen molar-refractivity contribution in [2.24, 2.45) is 0 Å². The van der Waals surface area contributed by atoms with E-state index in [1.807, 2.05) is 24.3 Å². The number of nitrogens with one attached hydrogen (secondary N) is 1. The molecule has 2 aliphatic rings. The molecule has 1 aromatic heterocycles. The van der Waals surface area contributed by atoms with Crippen molar-refractivity contribution in [3.8, 4) is 16.7 Å². The summed E-state index contributed by atoms with van der Waals surface area (Å²) in [4.78, 5) is 18.2. The summed E-state index contributed by atoms with van der Waals surface area (Å²) >= 11 is 1.38. The highest BCUT2D eigenvalue weighted by atomic mass is 32.1. The van der Waals surface area contributed by atoms with Crippen molar-refractivity contribution in [2.45, 2.75) is 50.7 Å². The van der Waals surface area contributed by atoms with Crippen molar-refractivity contribution < 1.29 is 18.7 Å². The highest BCUT2D eigenvalue weighted by molar-refractivity contribution is 7.20. The molecule has 1 unspecified atom stereocenters. The minimum atomic E-state index is -0.305. The van der Waals surface area contributed by atoms with Crippen LogP contribution in [-0.2, 0) is 4.79 Å². The predicted molar refractivity (Wildman–Crippen MR) is 122 cm³/mol. The van der Waals surface area contributed by atoms with Crippen molar-refractivity contribution in [3.63, 3.8) is 0 Å². The second-order valence-corrected chi connectivity index (χ2v) is 9.50. The quantitative estimate of drug-likeness (QED) is 0.558. The third-order valence-electron chi connectivity index (χ3n) is 6.27. The van der Waals surface area contributed by atoms with Gasteiger partial charge in [0, 0.05) is 37.7 Å². The number of aromatic nitrogens is 1. The number of hydrogen-bond acceptors (Lipinski definition) is 6. The Hall–Kier alpha value is -2.71. The van der Waals surface area contributed by atoms with Crippen LogP contribution in [0.15, 0.2) is 42.5 Å². The van der Waals surface area contributed by atoms with Crippen molar-refractivity contribution in [3.05, 3.63) is 48.3 Å². The average molecular weight is 456 g/mol. The van der Waals surface area contributed by atoms with Crippen molar-refractivity contribution in [1.29, 1.82) is 0 Å². The zero-order valence-electron chi connectivity index (χ0n) is 17.9. The largest absolute Gasteiger partial charge is 0.492 e. The molecule has 6 nitrogen and oxygen atoms in total. The normalized spacial score (nSPS) is 22.8. The Morgan fingerprint density at radius 2 is 1.88 bits per heavy atom. The fourth-order valence-corrected chi connectivity index (χ4v) is 5.76. The molecule has 0 aliphatic carbocycles. The van der Waals surface area contributed by atoms with Gasteiger partial charge in [0.1, 0.15) is 23.9 Å². The molecule has 168 valence electrons. The molecule has 5 rings (SSSR count). The van der Waals surface area contributed by atoms with E-state index in [0.717, 1.165) is 29.8 Å². The molecule has 0 radical (unpaired) electrons. The molecule has 2 bridgehead atoms. The number of halogens is 1. The number of carbonyl (C=O) groups is 1. The molecule has 1 amide bonds. The van der Waals surface area contributed by atoms with E-state index in [1.54, 1.807) is 13.0 Å². The van der Waals surface area contributed by atoms with Gasteiger partial charge in [-0.25, -0.2) is 9.37 Å². The van der Waals surface area contributed by atoms with Gasteiger partial charge >= 0.3 is 0 Å². The second-order valence-electron chi connectivity index (χ2n) is 8.51. The summed E-state index contributed by atoms with van der Waals surface area (Å²) in [6, 6.07) is 13.4. The SMILES string of the molecule is CC(=O)NC1C[C@H]2CC[C@@H](C1)N2CCOc1ccc(Oc2nc3cc(F)ccc3s2)cc1. The van der Waals surface area contributed by atoms with Gasteiger partial charge in [0.05, 0.1) is 10.2 Å². The first-order valence-corrected chi connectivity index (χ1v) is 11.8. The zero-order chi connectivity index (χ0) is 22.1. The molecule has 8 heteroatoms. The third kappa shape index (κ3) is 4.71. The molecule has 2 aromatic carbocycles. The Labute approximate surface area is 190 Å². The van der Waals surface area contributed by atoms with Crippen LogP contribution < -0.4 is 14.8 Å². The smallest absolute Gasteiger partial charge is 0.279 e. The highest BCUT2D eigenvalue weighted by Gasteiger charge is 2.40. The van der Waals surface area contributed by atoms with Crippen LogP contribution in [0.5, 0.6) is 16.7 Å². The molecule has 0 saturated carbocycles. The summed E-state index contributed by atoms with van der Waals surface area (Å²) in [5.41, 5.74) is 0.597. The number of thiazole rings is 1. The van der Waals surface area contributed by atoms with Crippen molar-refractivity contribution in [1.82, 2.24) is 15.2 Å². The molecule has 2 saturated heterocycles. The van der Waals surface area contributed by atoms with E-state index in [-0.39, 0.29) is 11.7 Å². The number of benzene rings is 2. The second kappa shape index (κ2) is 9.03. The lowest BCUT2D eigenvalue weighted by Crippen LogP contribution is -2.51. The van der Waals surface area contributed by atoms with E-state index in [0.29, 0.717) is 41.2 Å². The first-order valence-electron chi connectivity index (χ1n) is 11.0. The number of rotatable bonds is 7. The maximum atomic E-state index is 13.3. The Kier molecular flexibility index (Phi) is 5.97. The Morgan fingerprint density at radius 1 is 1.16 bits per heavy atom. The van der Waals surface area contributed by atoms with E-state index in [4.69, 9.17) is 9.47 Å². The van der Waals surface area contributed by atoms with Crippen LogP contribution >= 0.6 is 11.3 Å². The Morgan fingerprint density at radius 3 is 2.59 bits per heavy atom. The monoisotopic (exact) mass is 455 g/mol. The predicted octanol–water partition coefficient (Wildman–Crippen LogP) is 4.74. The number of carbonyl (C=O) groups excluding carboxylic acids is 1. The Bertz CT molecular complexity index is 1090. The average Bonchev–Trinajstić information content (AvgIpc) is 3.25. The topological polar surface area (TPSA) is 63.7 Å². The van der Waals surface area contributed by atoms with Gasteiger partial charge in [-0.2, -0.15) is 0 Å². The lowest BCUT2D eigenvalue weighted by Gasteiger charge is -2.39. The van der Waals surface area contributed by atoms with E-state index in [9.17, 15) is 9.18 Å². The van der Waals surface area contributed by atoms with E-state index in [1.165, 1.54) is 36.3 Å². The lowest BCUT2D eigenvalue weighted by molar-refractivity contribution is -0.120.